The third-order valence-corrected chi connectivity index (χ3v) is 6.15. The van der Waals surface area contributed by atoms with Gasteiger partial charge in [-0.3, -0.25) is 14.8 Å². The number of amides is 1. The van der Waals surface area contributed by atoms with E-state index >= 15 is 0 Å². The Bertz CT molecular complexity index is 1280. The number of thiophene rings is 2. The van der Waals surface area contributed by atoms with Crippen molar-refractivity contribution in [3.8, 4) is 10.4 Å². The van der Waals surface area contributed by atoms with Crippen LogP contribution in [-0.2, 0) is 14.3 Å². The summed E-state index contributed by atoms with van der Waals surface area (Å²) in [5.41, 5.74) is 2.42. The molecule has 162 valence electrons. The number of rotatable bonds is 7. The Morgan fingerprint density at radius 1 is 1.00 bits per heavy atom. The van der Waals surface area contributed by atoms with Crippen molar-refractivity contribution >= 4 is 56.6 Å². The molecule has 32 heavy (non-hydrogen) atoms. The molecule has 0 bridgehead atoms. The van der Waals surface area contributed by atoms with Gasteiger partial charge in [-0.2, -0.15) is 0 Å². The summed E-state index contributed by atoms with van der Waals surface area (Å²) in [6.45, 7) is 1.41. The number of anilines is 1. The summed E-state index contributed by atoms with van der Waals surface area (Å²) in [4.78, 5) is 46.5. The molecule has 4 rings (SSSR count). The molecule has 0 spiro atoms. The van der Waals surface area contributed by atoms with Crippen LogP contribution in [0.5, 0.6) is 0 Å². The molecule has 1 amide bonds. The number of hydrogen-bond donors (Lipinski definition) is 1. The number of carbonyl (C=O) groups is 3. The number of nitrogens with zero attached hydrogens (tertiary/aromatic N) is 2. The maximum Gasteiger partial charge on any atom is 0.341 e. The van der Waals surface area contributed by atoms with E-state index in [-0.39, 0.29) is 17.7 Å². The number of hydrogen-bond acceptors (Lipinski definition) is 9. The molecule has 3 aromatic heterocycles. The fraction of sp³-hybridized carbons (Fsp3) is 0.136. The largest absolute Gasteiger partial charge is 0.462 e. The van der Waals surface area contributed by atoms with Crippen LogP contribution in [0, 0.1) is 0 Å². The zero-order valence-corrected chi connectivity index (χ0v) is 18.5. The Hall–Kier alpha value is -3.63. The first-order chi connectivity index (χ1) is 15.6. The van der Waals surface area contributed by atoms with Crippen molar-refractivity contribution < 1.29 is 23.9 Å². The molecule has 0 saturated carbocycles. The average Bonchev–Trinajstić information content (AvgIpc) is 3.47. The molecule has 10 heteroatoms. The Kier molecular flexibility index (Phi) is 6.52. The first kappa shape index (κ1) is 21.6. The molecular weight excluding hydrogens is 450 g/mol. The lowest BCUT2D eigenvalue weighted by atomic mass is 10.1. The zero-order chi connectivity index (χ0) is 22.5. The third-order valence-electron chi connectivity index (χ3n) is 4.35. The molecule has 0 atom stereocenters. The van der Waals surface area contributed by atoms with Gasteiger partial charge >= 0.3 is 11.9 Å². The lowest BCUT2D eigenvalue weighted by Gasteiger charge is -2.09. The highest BCUT2D eigenvalue weighted by Crippen LogP contribution is 2.38. The minimum Gasteiger partial charge on any atom is -0.462 e. The Morgan fingerprint density at radius 3 is 2.56 bits per heavy atom. The summed E-state index contributed by atoms with van der Waals surface area (Å²) in [5.74, 6) is -1.76. The van der Waals surface area contributed by atoms with Crippen molar-refractivity contribution in [2.75, 3.05) is 18.5 Å². The SMILES string of the molecule is CCOC(=O)c1c(-c2cccs2)csc1NC(=O)COC(=O)c1ccc2nccnc2c1. The van der Waals surface area contributed by atoms with Gasteiger partial charge in [-0.15, -0.1) is 22.7 Å². The number of esters is 2. The van der Waals surface area contributed by atoms with Crippen LogP contribution in [0.2, 0.25) is 0 Å². The van der Waals surface area contributed by atoms with Gasteiger partial charge in [-0.25, -0.2) is 9.59 Å². The van der Waals surface area contributed by atoms with Crippen molar-refractivity contribution in [3.05, 3.63) is 64.6 Å². The van der Waals surface area contributed by atoms with Gasteiger partial charge in [0.1, 0.15) is 10.6 Å². The standard InChI is InChI=1S/C22H17N3O5S2/c1-2-29-22(28)19-14(17-4-3-9-31-17)12-32-20(19)25-18(26)11-30-21(27)13-5-6-15-16(10-13)24-8-7-23-15/h3-10,12H,2,11H2,1H3,(H,25,26). The molecular formula is C22H17N3O5S2. The van der Waals surface area contributed by atoms with Gasteiger partial charge in [0, 0.05) is 28.2 Å². The van der Waals surface area contributed by atoms with E-state index in [4.69, 9.17) is 9.47 Å². The molecule has 0 unspecified atom stereocenters. The van der Waals surface area contributed by atoms with Crippen molar-refractivity contribution in [1.82, 2.24) is 9.97 Å². The fourth-order valence-corrected chi connectivity index (χ4v) is 4.72. The maximum atomic E-state index is 12.5. The first-order valence-electron chi connectivity index (χ1n) is 9.57. The van der Waals surface area contributed by atoms with E-state index in [0.717, 1.165) is 4.88 Å². The summed E-state index contributed by atoms with van der Waals surface area (Å²) in [7, 11) is 0. The number of benzene rings is 1. The van der Waals surface area contributed by atoms with Crippen LogP contribution in [0.1, 0.15) is 27.6 Å². The Labute approximate surface area is 190 Å². The van der Waals surface area contributed by atoms with Gasteiger partial charge in [-0.05, 0) is 36.6 Å². The minimum atomic E-state index is -0.663. The van der Waals surface area contributed by atoms with Gasteiger partial charge < -0.3 is 14.8 Å². The van der Waals surface area contributed by atoms with Crippen LogP contribution >= 0.6 is 22.7 Å². The van der Waals surface area contributed by atoms with Crippen molar-refractivity contribution in [1.29, 1.82) is 0 Å². The number of aromatic nitrogens is 2. The van der Waals surface area contributed by atoms with Crippen LogP contribution in [0.3, 0.4) is 0 Å². The summed E-state index contributed by atoms with van der Waals surface area (Å²) in [6, 6.07) is 8.53. The molecule has 4 aromatic rings. The Morgan fingerprint density at radius 2 is 1.81 bits per heavy atom. The van der Waals surface area contributed by atoms with Crippen molar-refractivity contribution in [2.45, 2.75) is 6.92 Å². The molecule has 0 radical (unpaired) electrons. The average molecular weight is 468 g/mol. The molecule has 8 nitrogen and oxygen atoms in total. The monoisotopic (exact) mass is 467 g/mol. The van der Waals surface area contributed by atoms with Gasteiger partial charge in [0.05, 0.1) is 23.2 Å². The molecule has 1 N–H and O–H groups in total. The number of fused-ring (bicyclic) bond motifs is 1. The van der Waals surface area contributed by atoms with Crippen molar-refractivity contribution in [2.24, 2.45) is 0 Å². The number of ether oxygens (including phenoxy) is 2. The highest BCUT2D eigenvalue weighted by Gasteiger charge is 2.23. The normalized spacial score (nSPS) is 10.7. The van der Waals surface area contributed by atoms with Crippen molar-refractivity contribution in [3.63, 3.8) is 0 Å². The van der Waals surface area contributed by atoms with Gasteiger partial charge in [0.2, 0.25) is 0 Å². The van der Waals surface area contributed by atoms with Gasteiger partial charge in [0.25, 0.3) is 5.91 Å². The van der Waals surface area contributed by atoms with Crippen LogP contribution in [0.25, 0.3) is 21.5 Å². The van der Waals surface area contributed by atoms with Gasteiger partial charge in [-0.1, -0.05) is 6.07 Å². The minimum absolute atomic E-state index is 0.208. The predicted octanol–water partition coefficient (Wildman–Crippen LogP) is 4.39. The molecule has 3 heterocycles. The summed E-state index contributed by atoms with van der Waals surface area (Å²) in [6.07, 6.45) is 3.08. The summed E-state index contributed by atoms with van der Waals surface area (Å²) in [5, 5.41) is 6.68. The smallest absolute Gasteiger partial charge is 0.341 e. The van der Waals surface area contributed by atoms with Gasteiger partial charge in [0.15, 0.2) is 6.61 Å². The van der Waals surface area contributed by atoms with E-state index in [1.165, 1.54) is 28.9 Å². The summed E-state index contributed by atoms with van der Waals surface area (Å²) >= 11 is 2.68. The highest BCUT2D eigenvalue weighted by molar-refractivity contribution is 7.17. The lowest BCUT2D eigenvalue weighted by molar-refractivity contribution is -0.119. The molecule has 1 aromatic carbocycles. The fourth-order valence-electron chi connectivity index (χ4n) is 2.94. The first-order valence-corrected chi connectivity index (χ1v) is 11.3. The third kappa shape index (κ3) is 4.66. The van der Waals surface area contributed by atoms with Crippen LogP contribution < -0.4 is 5.32 Å². The second-order valence-corrected chi connectivity index (χ2v) is 8.26. The van der Waals surface area contributed by atoms with E-state index in [0.29, 0.717) is 21.6 Å². The zero-order valence-electron chi connectivity index (χ0n) is 16.9. The van der Waals surface area contributed by atoms with E-state index in [2.05, 4.69) is 15.3 Å². The Balaban J connectivity index is 1.45. The van der Waals surface area contributed by atoms with Crippen LogP contribution in [0.4, 0.5) is 5.00 Å². The quantitative estimate of drug-likeness (QED) is 0.402. The van der Waals surface area contributed by atoms with E-state index in [9.17, 15) is 14.4 Å². The molecule has 0 aliphatic rings. The van der Waals surface area contributed by atoms with E-state index < -0.39 is 24.5 Å². The second kappa shape index (κ2) is 9.67. The second-order valence-electron chi connectivity index (χ2n) is 6.44. The molecule has 0 aliphatic heterocycles. The van der Waals surface area contributed by atoms with Crippen LogP contribution in [0.15, 0.2) is 53.5 Å². The molecule has 0 saturated heterocycles. The van der Waals surface area contributed by atoms with Crippen LogP contribution in [-0.4, -0.2) is 41.0 Å². The topological polar surface area (TPSA) is 107 Å². The highest BCUT2D eigenvalue weighted by atomic mass is 32.1. The van der Waals surface area contributed by atoms with E-state index in [1.807, 2.05) is 17.5 Å². The maximum absolute atomic E-state index is 12.5. The molecule has 0 aliphatic carbocycles. The number of carbonyl (C=O) groups excluding carboxylic acids is 3. The molecule has 0 fully saturated rings. The summed E-state index contributed by atoms with van der Waals surface area (Å²) < 4.78 is 10.3. The number of nitrogens with one attached hydrogen (secondary N) is 1. The predicted molar refractivity (Wildman–Crippen MR) is 122 cm³/mol. The lowest BCUT2D eigenvalue weighted by Crippen LogP contribution is -2.21. The van der Waals surface area contributed by atoms with E-state index in [1.54, 1.807) is 36.7 Å².